The fourth-order valence-corrected chi connectivity index (χ4v) is 2.59. The topological polar surface area (TPSA) is 20.3 Å². The van der Waals surface area contributed by atoms with Crippen LogP contribution in [0.5, 0.6) is 0 Å². The Hall–Kier alpha value is -1.43. The molecule has 0 amide bonds. The molecule has 1 saturated heterocycles. The van der Waals surface area contributed by atoms with Crippen LogP contribution >= 0.6 is 0 Å². The molecule has 0 bridgehead atoms. The molecular weight excluding hydrogens is 286 g/mol. The lowest BCUT2D eigenvalue weighted by molar-refractivity contribution is -0.186. The number of piperidine rings is 1. The predicted molar refractivity (Wildman–Crippen MR) is 70.6 cm³/mol. The molecule has 0 aliphatic carbocycles. The summed E-state index contributed by atoms with van der Waals surface area (Å²) < 4.78 is 51.1. The first-order valence-corrected chi connectivity index (χ1v) is 6.94. The third-order valence-electron chi connectivity index (χ3n) is 3.77. The second-order valence-electron chi connectivity index (χ2n) is 5.36. The molecule has 1 aromatic rings. The van der Waals surface area contributed by atoms with Crippen molar-refractivity contribution in [2.45, 2.75) is 25.4 Å². The van der Waals surface area contributed by atoms with E-state index in [2.05, 4.69) is 0 Å². The summed E-state index contributed by atoms with van der Waals surface area (Å²) in [6.07, 6.45) is -3.44. The van der Waals surface area contributed by atoms with Crippen LogP contribution in [0.15, 0.2) is 24.3 Å². The molecule has 2 nitrogen and oxygen atoms in total. The summed E-state index contributed by atoms with van der Waals surface area (Å²) in [4.78, 5) is 13.6. The molecule has 0 aromatic heterocycles. The van der Waals surface area contributed by atoms with Gasteiger partial charge in [-0.15, -0.1) is 0 Å². The lowest BCUT2D eigenvalue weighted by Crippen LogP contribution is -2.42. The first-order chi connectivity index (χ1) is 9.86. The molecule has 21 heavy (non-hydrogen) atoms. The Morgan fingerprint density at radius 2 is 2.10 bits per heavy atom. The van der Waals surface area contributed by atoms with Crippen LogP contribution in [0.3, 0.4) is 0 Å². The van der Waals surface area contributed by atoms with Gasteiger partial charge in [-0.2, -0.15) is 13.2 Å². The second kappa shape index (κ2) is 6.56. The van der Waals surface area contributed by atoms with Crippen molar-refractivity contribution in [2.24, 2.45) is 5.92 Å². The minimum atomic E-state index is -4.18. The summed E-state index contributed by atoms with van der Waals surface area (Å²) >= 11 is 0. The fraction of sp³-hybridized carbons (Fsp3) is 0.533. The molecule has 1 heterocycles. The third-order valence-corrected chi connectivity index (χ3v) is 3.77. The monoisotopic (exact) mass is 303 g/mol. The highest BCUT2D eigenvalue weighted by Crippen LogP contribution is 2.33. The van der Waals surface area contributed by atoms with Gasteiger partial charge in [0.1, 0.15) is 5.82 Å². The molecule has 0 N–H and O–H groups in total. The Morgan fingerprint density at radius 3 is 2.76 bits per heavy atom. The summed E-state index contributed by atoms with van der Waals surface area (Å²) in [6.45, 7) is 0.796. The van der Waals surface area contributed by atoms with E-state index in [1.807, 2.05) is 0 Å². The summed E-state index contributed by atoms with van der Waals surface area (Å²) in [7, 11) is 0. The predicted octanol–water partition coefficient (Wildman–Crippen LogP) is 3.67. The number of alkyl halides is 3. The zero-order chi connectivity index (χ0) is 15.5. The van der Waals surface area contributed by atoms with Crippen LogP contribution in [0.2, 0.25) is 0 Å². The SMILES string of the molecule is O=C(CCN1CCCC(C(F)(F)F)C1)c1cccc(F)c1. The Labute approximate surface area is 120 Å². The van der Waals surface area contributed by atoms with Crippen molar-refractivity contribution in [1.82, 2.24) is 4.90 Å². The zero-order valence-electron chi connectivity index (χ0n) is 11.5. The number of Topliss-reactive ketones (excluding diaryl/α,β-unsaturated/α-hetero) is 1. The van der Waals surface area contributed by atoms with Crippen LogP contribution < -0.4 is 0 Å². The van der Waals surface area contributed by atoms with Crippen LogP contribution in [0, 0.1) is 11.7 Å². The van der Waals surface area contributed by atoms with E-state index in [-0.39, 0.29) is 37.3 Å². The van der Waals surface area contributed by atoms with Gasteiger partial charge in [-0.25, -0.2) is 4.39 Å². The van der Waals surface area contributed by atoms with E-state index < -0.39 is 17.9 Å². The zero-order valence-corrected chi connectivity index (χ0v) is 11.5. The average molecular weight is 303 g/mol. The standard InChI is InChI=1S/C15H17F4NO/c16-13-5-1-3-11(9-13)14(21)6-8-20-7-2-4-12(10-20)15(17,18)19/h1,3,5,9,12H,2,4,6-8,10H2. The van der Waals surface area contributed by atoms with E-state index in [0.29, 0.717) is 13.0 Å². The smallest absolute Gasteiger partial charge is 0.302 e. The van der Waals surface area contributed by atoms with Gasteiger partial charge in [0.25, 0.3) is 0 Å². The van der Waals surface area contributed by atoms with Gasteiger partial charge in [0, 0.05) is 25.1 Å². The number of carbonyl (C=O) groups excluding carboxylic acids is 1. The Bertz CT molecular complexity index is 501. The maximum absolute atomic E-state index is 13.0. The first kappa shape index (κ1) is 15.9. The van der Waals surface area contributed by atoms with E-state index in [0.717, 1.165) is 6.07 Å². The van der Waals surface area contributed by atoms with Crippen molar-refractivity contribution in [1.29, 1.82) is 0 Å². The molecule has 6 heteroatoms. The van der Waals surface area contributed by atoms with Crippen LogP contribution in [-0.2, 0) is 0 Å². The van der Waals surface area contributed by atoms with Gasteiger partial charge in [0.15, 0.2) is 5.78 Å². The van der Waals surface area contributed by atoms with E-state index in [4.69, 9.17) is 0 Å². The number of benzene rings is 1. The minimum Gasteiger partial charge on any atom is -0.302 e. The summed E-state index contributed by atoms with van der Waals surface area (Å²) in [6, 6.07) is 5.36. The Balaban J connectivity index is 1.86. The summed E-state index contributed by atoms with van der Waals surface area (Å²) in [5.41, 5.74) is 0.263. The van der Waals surface area contributed by atoms with Gasteiger partial charge < -0.3 is 4.90 Å². The third kappa shape index (κ3) is 4.52. The van der Waals surface area contributed by atoms with E-state index in [1.165, 1.54) is 18.2 Å². The number of nitrogens with zero attached hydrogens (tertiary/aromatic N) is 1. The number of hydrogen-bond acceptors (Lipinski definition) is 2. The Morgan fingerprint density at radius 1 is 1.33 bits per heavy atom. The minimum absolute atomic E-state index is 0.0556. The maximum Gasteiger partial charge on any atom is 0.393 e. The van der Waals surface area contributed by atoms with Gasteiger partial charge in [0.2, 0.25) is 0 Å². The van der Waals surface area contributed by atoms with Crippen LogP contribution in [0.25, 0.3) is 0 Å². The van der Waals surface area contributed by atoms with Crippen molar-refractivity contribution in [3.63, 3.8) is 0 Å². The molecule has 0 radical (unpaired) electrons. The van der Waals surface area contributed by atoms with Crippen molar-refractivity contribution in [3.8, 4) is 0 Å². The molecule has 1 aromatic carbocycles. The normalized spacial score (nSPS) is 20.5. The van der Waals surface area contributed by atoms with E-state index in [9.17, 15) is 22.4 Å². The van der Waals surface area contributed by atoms with E-state index in [1.54, 1.807) is 4.90 Å². The number of likely N-dealkylation sites (tertiary alicyclic amines) is 1. The van der Waals surface area contributed by atoms with Gasteiger partial charge >= 0.3 is 6.18 Å². The van der Waals surface area contributed by atoms with Crippen LogP contribution in [-0.4, -0.2) is 36.5 Å². The van der Waals surface area contributed by atoms with Crippen molar-refractivity contribution in [3.05, 3.63) is 35.6 Å². The largest absolute Gasteiger partial charge is 0.393 e. The molecule has 2 rings (SSSR count). The molecular formula is C15H17F4NO. The number of hydrogen-bond donors (Lipinski definition) is 0. The van der Waals surface area contributed by atoms with E-state index >= 15 is 0 Å². The van der Waals surface area contributed by atoms with Gasteiger partial charge in [0.05, 0.1) is 5.92 Å². The van der Waals surface area contributed by atoms with Gasteiger partial charge in [-0.05, 0) is 31.5 Å². The van der Waals surface area contributed by atoms with Crippen molar-refractivity contribution < 1.29 is 22.4 Å². The molecule has 1 unspecified atom stereocenters. The molecule has 1 aliphatic heterocycles. The fourth-order valence-electron chi connectivity index (χ4n) is 2.59. The van der Waals surface area contributed by atoms with Gasteiger partial charge in [-0.3, -0.25) is 4.79 Å². The molecule has 116 valence electrons. The van der Waals surface area contributed by atoms with Crippen molar-refractivity contribution >= 4 is 5.78 Å². The number of halogens is 4. The number of carbonyl (C=O) groups is 1. The second-order valence-corrected chi connectivity index (χ2v) is 5.36. The van der Waals surface area contributed by atoms with Crippen LogP contribution in [0.4, 0.5) is 17.6 Å². The molecule has 0 spiro atoms. The maximum atomic E-state index is 13.0. The molecule has 1 fully saturated rings. The molecule has 1 aliphatic rings. The van der Waals surface area contributed by atoms with Crippen LogP contribution in [0.1, 0.15) is 29.6 Å². The number of ketones is 1. The summed E-state index contributed by atoms with van der Waals surface area (Å²) in [5, 5.41) is 0. The molecule has 0 saturated carbocycles. The quantitative estimate of drug-likeness (QED) is 0.625. The average Bonchev–Trinajstić information content (AvgIpc) is 2.44. The highest BCUT2D eigenvalue weighted by atomic mass is 19.4. The highest BCUT2D eigenvalue weighted by molar-refractivity contribution is 5.96. The summed E-state index contributed by atoms with van der Waals surface area (Å²) in [5.74, 6) is -2.05. The highest BCUT2D eigenvalue weighted by Gasteiger charge is 2.41. The van der Waals surface area contributed by atoms with Crippen molar-refractivity contribution in [2.75, 3.05) is 19.6 Å². The van der Waals surface area contributed by atoms with Gasteiger partial charge in [-0.1, -0.05) is 12.1 Å². The molecule has 1 atom stereocenters. The lowest BCUT2D eigenvalue weighted by Gasteiger charge is -2.33. The Kier molecular flexibility index (Phi) is 4.98. The lowest BCUT2D eigenvalue weighted by atomic mass is 9.97. The first-order valence-electron chi connectivity index (χ1n) is 6.94. The number of rotatable bonds is 4.